The molecule has 0 aromatic heterocycles. The van der Waals surface area contributed by atoms with E-state index in [4.69, 9.17) is 4.74 Å². The van der Waals surface area contributed by atoms with Crippen molar-refractivity contribution in [1.82, 2.24) is 9.62 Å². The van der Waals surface area contributed by atoms with Crippen LogP contribution < -0.4 is 10.1 Å². The Morgan fingerprint density at radius 1 is 1.00 bits per heavy atom. The number of benzene rings is 2. The molecule has 3 rings (SSSR count). The number of para-hydroxylation sites is 1. The topological polar surface area (TPSA) is 75.7 Å². The van der Waals surface area contributed by atoms with Crippen molar-refractivity contribution in [3.05, 3.63) is 59.7 Å². The molecule has 0 saturated carbocycles. The van der Waals surface area contributed by atoms with E-state index >= 15 is 0 Å². The smallest absolute Gasteiger partial charge is 0.243 e. The predicted octanol–water partition coefficient (Wildman–Crippen LogP) is 3.51. The summed E-state index contributed by atoms with van der Waals surface area (Å²) in [7, 11) is -1.83. The molecule has 1 N–H and O–H groups in total. The molecule has 6 nitrogen and oxygen atoms in total. The molecule has 0 bridgehead atoms. The van der Waals surface area contributed by atoms with Gasteiger partial charge in [0.15, 0.2) is 0 Å². The van der Waals surface area contributed by atoms with Crippen LogP contribution in [0.15, 0.2) is 53.4 Å². The number of aryl methyl sites for hydroxylation is 1. The quantitative estimate of drug-likeness (QED) is 0.695. The molecule has 2 aromatic carbocycles. The van der Waals surface area contributed by atoms with Crippen LogP contribution in [0.1, 0.15) is 43.2 Å². The number of methoxy groups -OCH3 is 1. The SMILES string of the molecule is COc1ccccc1CNC(=O)CCc1ccc(S(=O)(=O)N2CCCCCC2)cc1. The first-order valence-electron chi connectivity index (χ1n) is 10.5. The standard InChI is InChI=1S/C23H30N2O4S/c1-29-22-9-5-4-8-20(22)18-24-23(26)15-12-19-10-13-21(14-11-19)30(27,28)25-16-6-2-3-7-17-25/h4-5,8-11,13-14H,2-3,6-7,12,15-18H2,1H3,(H,24,26). The normalized spacial score (nSPS) is 15.4. The average Bonchev–Trinajstić information content (AvgIpc) is 3.07. The van der Waals surface area contributed by atoms with Crippen molar-refractivity contribution in [2.75, 3.05) is 20.2 Å². The molecular weight excluding hydrogens is 400 g/mol. The number of amides is 1. The van der Waals surface area contributed by atoms with Gasteiger partial charge in [0.2, 0.25) is 15.9 Å². The number of ether oxygens (including phenoxy) is 1. The summed E-state index contributed by atoms with van der Waals surface area (Å²) in [6, 6.07) is 14.5. The van der Waals surface area contributed by atoms with Crippen molar-refractivity contribution in [3.8, 4) is 5.75 Å². The lowest BCUT2D eigenvalue weighted by Gasteiger charge is -2.20. The molecule has 0 spiro atoms. The average molecular weight is 431 g/mol. The lowest BCUT2D eigenvalue weighted by Crippen LogP contribution is -2.31. The maximum atomic E-state index is 12.8. The molecule has 1 aliphatic rings. The fraction of sp³-hybridized carbons (Fsp3) is 0.435. The molecule has 1 fully saturated rings. The van der Waals surface area contributed by atoms with Crippen molar-refractivity contribution in [2.24, 2.45) is 0 Å². The molecule has 0 unspecified atom stereocenters. The molecule has 0 aliphatic carbocycles. The van der Waals surface area contributed by atoms with Gasteiger partial charge in [-0.25, -0.2) is 8.42 Å². The molecule has 1 amide bonds. The number of nitrogens with zero attached hydrogens (tertiary/aromatic N) is 1. The highest BCUT2D eigenvalue weighted by Crippen LogP contribution is 2.21. The maximum absolute atomic E-state index is 12.8. The van der Waals surface area contributed by atoms with Crippen LogP contribution in [-0.2, 0) is 27.8 Å². The van der Waals surface area contributed by atoms with Gasteiger partial charge in [-0.2, -0.15) is 4.31 Å². The van der Waals surface area contributed by atoms with E-state index in [1.54, 1.807) is 35.7 Å². The van der Waals surface area contributed by atoms with Crippen molar-refractivity contribution in [1.29, 1.82) is 0 Å². The zero-order valence-electron chi connectivity index (χ0n) is 17.5. The largest absolute Gasteiger partial charge is 0.496 e. The third-order valence-corrected chi connectivity index (χ3v) is 7.35. The van der Waals surface area contributed by atoms with Gasteiger partial charge in [0.05, 0.1) is 12.0 Å². The second-order valence-electron chi connectivity index (χ2n) is 7.55. The van der Waals surface area contributed by atoms with Crippen LogP contribution in [0.4, 0.5) is 0 Å². The Bertz CT molecular complexity index is 934. The summed E-state index contributed by atoms with van der Waals surface area (Å²) in [5, 5.41) is 2.91. The van der Waals surface area contributed by atoms with Gasteiger partial charge in [0.25, 0.3) is 0 Å². The number of hydrogen-bond donors (Lipinski definition) is 1. The number of nitrogens with one attached hydrogen (secondary N) is 1. The molecule has 162 valence electrons. The second kappa shape index (κ2) is 10.6. The first kappa shape index (κ1) is 22.3. The number of carbonyl (C=O) groups excluding carboxylic acids is 1. The molecule has 1 heterocycles. The van der Waals surface area contributed by atoms with E-state index in [0.29, 0.717) is 37.4 Å². The van der Waals surface area contributed by atoms with Gasteiger partial charge in [-0.15, -0.1) is 0 Å². The number of hydrogen-bond acceptors (Lipinski definition) is 4. The fourth-order valence-corrected chi connectivity index (χ4v) is 5.17. The summed E-state index contributed by atoms with van der Waals surface area (Å²) in [6.45, 7) is 1.60. The molecule has 30 heavy (non-hydrogen) atoms. The Morgan fingerprint density at radius 2 is 1.67 bits per heavy atom. The Labute approximate surface area is 179 Å². The molecular formula is C23H30N2O4S. The summed E-state index contributed by atoms with van der Waals surface area (Å²) in [5.41, 5.74) is 1.87. The highest BCUT2D eigenvalue weighted by atomic mass is 32.2. The fourth-order valence-electron chi connectivity index (χ4n) is 3.65. The highest BCUT2D eigenvalue weighted by Gasteiger charge is 2.24. The lowest BCUT2D eigenvalue weighted by atomic mass is 10.1. The monoisotopic (exact) mass is 430 g/mol. The van der Waals surface area contributed by atoms with Gasteiger partial charge >= 0.3 is 0 Å². The Kier molecular flexibility index (Phi) is 7.87. The summed E-state index contributed by atoms with van der Waals surface area (Å²) in [4.78, 5) is 12.5. The molecule has 7 heteroatoms. The molecule has 2 aromatic rings. The van der Waals surface area contributed by atoms with Crippen LogP contribution in [0.25, 0.3) is 0 Å². The zero-order valence-corrected chi connectivity index (χ0v) is 18.3. The van der Waals surface area contributed by atoms with E-state index in [2.05, 4.69) is 5.32 Å². The van der Waals surface area contributed by atoms with E-state index < -0.39 is 10.0 Å². The zero-order chi connectivity index (χ0) is 21.4. The summed E-state index contributed by atoms with van der Waals surface area (Å²) in [5.74, 6) is 0.696. The van der Waals surface area contributed by atoms with Gasteiger partial charge < -0.3 is 10.1 Å². The second-order valence-corrected chi connectivity index (χ2v) is 9.49. The van der Waals surface area contributed by atoms with Crippen LogP contribution in [0.2, 0.25) is 0 Å². The number of rotatable bonds is 8. The lowest BCUT2D eigenvalue weighted by molar-refractivity contribution is -0.121. The molecule has 0 radical (unpaired) electrons. The van der Waals surface area contributed by atoms with Crippen LogP contribution in [0, 0.1) is 0 Å². The highest BCUT2D eigenvalue weighted by molar-refractivity contribution is 7.89. The molecule has 1 saturated heterocycles. The number of carbonyl (C=O) groups is 1. The first-order valence-corrected chi connectivity index (χ1v) is 11.9. The maximum Gasteiger partial charge on any atom is 0.243 e. The van der Waals surface area contributed by atoms with Crippen molar-refractivity contribution in [3.63, 3.8) is 0 Å². The Hall–Kier alpha value is -2.38. The Balaban J connectivity index is 1.52. The summed E-state index contributed by atoms with van der Waals surface area (Å²) in [6.07, 6.45) is 4.91. The molecule has 0 atom stereocenters. The van der Waals surface area contributed by atoms with Crippen LogP contribution in [0.5, 0.6) is 5.75 Å². The van der Waals surface area contributed by atoms with Gasteiger partial charge in [-0.3, -0.25) is 4.79 Å². The van der Waals surface area contributed by atoms with Crippen LogP contribution in [-0.4, -0.2) is 38.8 Å². The predicted molar refractivity (Wildman–Crippen MR) is 117 cm³/mol. The van der Waals surface area contributed by atoms with Crippen molar-refractivity contribution >= 4 is 15.9 Å². The van der Waals surface area contributed by atoms with Gasteiger partial charge in [-0.1, -0.05) is 43.2 Å². The first-order chi connectivity index (χ1) is 14.5. The Morgan fingerprint density at radius 3 is 2.33 bits per heavy atom. The summed E-state index contributed by atoms with van der Waals surface area (Å²) < 4.78 is 32.6. The minimum Gasteiger partial charge on any atom is -0.496 e. The van der Waals surface area contributed by atoms with E-state index in [1.807, 2.05) is 24.3 Å². The van der Waals surface area contributed by atoms with Gasteiger partial charge in [0.1, 0.15) is 5.75 Å². The van der Waals surface area contributed by atoms with Crippen LogP contribution >= 0.6 is 0 Å². The third-order valence-electron chi connectivity index (χ3n) is 5.44. The number of sulfonamides is 1. The van der Waals surface area contributed by atoms with Gasteiger partial charge in [-0.05, 0) is 43.0 Å². The van der Waals surface area contributed by atoms with Crippen LogP contribution in [0.3, 0.4) is 0 Å². The van der Waals surface area contributed by atoms with E-state index in [1.165, 1.54) is 0 Å². The summed E-state index contributed by atoms with van der Waals surface area (Å²) >= 11 is 0. The third kappa shape index (κ3) is 5.83. The minimum absolute atomic E-state index is 0.0535. The van der Waals surface area contributed by atoms with E-state index in [-0.39, 0.29) is 5.91 Å². The van der Waals surface area contributed by atoms with Crippen molar-refractivity contribution in [2.45, 2.75) is 50.0 Å². The van der Waals surface area contributed by atoms with Gasteiger partial charge in [0, 0.05) is 31.6 Å². The molecule has 1 aliphatic heterocycles. The van der Waals surface area contributed by atoms with Crippen molar-refractivity contribution < 1.29 is 17.9 Å². The van der Waals surface area contributed by atoms with E-state index in [0.717, 1.165) is 42.6 Å². The van der Waals surface area contributed by atoms with E-state index in [9.17, 15) is 13.2 Å². The minimum atomic E-state index is -3.44.